The minimum Gasteiger partial charge on any atom is -0.465 e. The van der Waals surface area contributed by atoms with E-state index in [-0.39, 0.29) is 18.6 Å². The number of fused-ring (bicyclic) bond motifs is 1. The molecule has 1 amide bonds. The number of esters is 1. The molecule has 0 unspecified atom stereocenters. The highest BCUT2D eigenvalue weighted by molar-refractivity contribution is 7.99. The summed E-state index contributed by atoms with van der Waals surface area (Å²) in [6.45, 7) is 0.238. The zero-order valence-corrected chi connectivity index (χ0v) is 14.7. The average Bonchev–Trinajstić information content (AvgIpc) is 2.66. The molecule has 0 aromatic heterocycles. The quantitative estimate of drug-likeness (QED) is 0.840. The molecule has 1 atom stereocenters. The fourth-order valence-corrected chi connectivity index (χ4v) is 3.85. The molecular formula is C19H19NO4S. The molecule has 3 rings (SSSR count). The van der Waals surface area contributed by atoms with Gasteiger partial charge in [0.05, 0.1) is 18.7 Å². The van der Waals surface area contributed by atoms with Gasteiger partial charge in [-0.15, -0.1) is 11.8 Å². The van der Waals surface area contributed by atoms with Crippen molar-refractivity contribution in [3.63, 3.8) is 0 Å². The second-order valence-electron chi connectivity index (χ2n) is 5.64. The van der Waals surface area contributed by atoms with E-state index in [0.29, 0.717) is 5.56 Å². The fourth-order valence-electron chi connectivity index (χ4n) is 2.69. The molecule has 1 N–H and O–H groups in total. The van der Waals surface area contributed by atoms with Crippen LogP contribution in [0.4, 0.5) is 4.79 Å². The highest BCUT2D eigenvalue weighted by Gasteiger charge is 2.24. The van der Waals surface area contributed by atoms with Crippen molar-refractivity contribution in [1.82, 2.24) is 5.32 Å². The van der Waals surface area contributed by atoms with E-state index in [0.717, 1.165) is 28.2 Å². The van der Waals surface area contributed by atoms with Gasteiger partial charge in [0.15, 0.2) is 0 Å². The number of rotatable bonds is 4. The molecule has 0 spiro atoms. The number of amides is 1. The molecule has 130 valence electrons. The molecule has 2 aromatic carbocycles. The number of thioether (sulfide) groups is 1. The van der Waals surface area contributed by atoms with Crippen LogP contribution in [0.25, 0.3) is 0 Å². The maximum absolute atomic E-state index is 12.1. The van der Waals surface area contributed by atoms with E-state index >= 15 is 0 Å². The fraction of sp³-hybridized carbons (Fsp3) is 0.263. The predicted octanol–water partition coefficient (Wildman–Crippen LogP) is 3.94. The summed E-state index contributed by atoms with van der Waals surface area (Å²) in [5.74, 6) is 0.502. The van der Waals surface area contributed by atoms with Crippen molar-refractivity contribution in [3.8, 4) is 0 Å². The lowest BCUT2D eigenvalue weighted by molar-refractivity contribution is 0.0600. The molecule has 0 fully saturated rings. The van der Waals surface area contributed by atoms with Gasteiger partial charge in [0.25, 0.3) is 0 Å². The Morgan fingerprint density at radius 1 is 1.20 bits per heavy atom. The molecule has 0 aliphatic carbocycles. The molecular weight excluding hydrogens is 338 g/mol. The van der Waals surface area contributed by atoms with E-state index in [2.05, 4.69) is 5.32 Å². The van der Waals surface area contributed by atoms with Crippen LogP contribution in [0.2, 0.25) is 0 Å². The van der Waals surface area contributed by atoms with Crippen LogP contribution in [0.5, 0.6) is 0 Å². The highest BCUT2D eigenvalue weighted by Crippen LogP contribution is 2.36. The number of benzene rings is 2. The van der Waals surface area contributed by atoms with E-state index in [1.165, 1.54) is 7.11 Å². The third kappa shape index (κ3) is 4.33. The van der Waals surface area contributed by atoms with E-state index < -0.39 is 6.09 Å². The van der Waals surface area contributed by atoms with Gasteiger partial charge in [0, 0.05) is 10.6 Å². The Bertz CT molecular complexity index is 763. The Kier molecular flexibility index (Phi) is 5.60. The Labute approximate surface area is 150 Å². The first-order valence-corrected chi connectivity index (χ1v) is 8.98. The van der Waals surface area contributed by atoms with Gasteiger partial charge in [-0.2, -0.15) is 0 Å². The van der Waals surface area contributed by atoms with E-state index in [1.54, 1.807) is 17.8 Å². The lowest BCUT2D eigenvalue weighted by Crippen LogP contribution is -2.31. The SMILES string of the molecule is COC(=O)c1ccc2c(c1)SCC[C@H]2NC(=O)OCc1ccccc1. The number of carbonyl (C=O) groups excluding carboxylic acids is 2. The van der Waals surface area contributed by atoms with Gasteiger partial charge in [-0.25, -0.2) is 9.59 Å². The molecule has 0 saturated heterocycles. The van der Waals surface area contributed by atoms with Crippen LogP contribution in [0, 0.1) is 0 Å². The molecule has 1 aliphatic rings. The van der Waals surface area contributed by atoms with E-state index in [4.69, 9.17) is 9.47 Å². The average molecular weight is 357 g/mol. The van der Waals surface area contributed by atoms with Crippen LogP contribution in [0.15, 0.2) is 53.4 Å². The van der Waals surface area contributed by atoms with E-state index in [9.17, 15) is 9.59 Å². The van der Waals surface area contributed by atoms with Crippen LogP contribution in [0.1, 0.15) is 33.9 Å². The molecule has 1 heterocycles. The van der Waals surface area contributed by atoms with Gasteiger partial charge >= 0.3 is 12.1 Å². The molecule has 0 saturated carbocycles. The van der Waals surface area contributed by atoms with Gasteiger partial charge in [-0.1, -0.05) is 36.4 Å². The molecule has 6 heteroatoms. The summed E-state index contributed by atoms with van der Waals surface area (Å²) in [4.78, 5) is 24.7. The van der Waals surface area contributed by atoms with Crippen LogP contribution < -0.4 is 5.32 Å². The zero-order chi connectivity index (χ0) is 17.6. The second kappa shape index (κ2) is 8.07. The first kappa shape index (κ1) is 17.4. The first-order chi connectivity index (χ1) is 12.2. The van der Waals surface area contributed by atoms with Crippen LogP contribution in [-0.2, 0) is 16.1 Å². The summed E-state index contributed by atoms with van der Waals surface area (Å²) in [6, 6.07) is 14.8. The van der Waals surface area contributed by atoms with E-state index in [1.807, 2.05) is 42.5 Å². The Balaban J connectivity index is 1.64. The normalized spacial score (nSPS) is 15.8. The third-order valence-electron chi connectivity index (χ3n) is 3.98. The number of carbonyl (C=O) groups is 2. The smallest absolute Gasteiger partial charge is 0.407 e. The van der Waals surface area contributed by atoms with Crippen molar-refractivity contribution in [2.75, 3.05) is 12.9 Å². The lowest BCUT2D eigenvalue weighted by atomic mass is 10.0. The summed E-state index contributed by atoms with van der Waals surface area (Å²) in [5, 5.41) is 2.92. The lowest BCUT2D eigenvalue weighted by Gasteiger charge is -2.26. The summed E-state index contributed by atoms with van der Waals surface area (Å²) in [7, 11) is 1.36. The summed E-state index contributed by atoms with van der Waals surface area (Å²) in [6.07, 6.45) is 0.374. The third-order valence-corrected chi connectivity index (χ3v) is 5.08. The van der Waals surface area contributed by atoms with Crippen molar-refractivity contribution in [2.45, 2.75) is 24.0 Å². The highest BCUT2D eigenvalue weighted by atomic mass is 32.2. The minimum atomic E-state index is -0.441. The number of hydrogen-bond acceptors (Lipinski definition) is 5. The number of hydrogen-bond donors (Lipinski definition) is 1. The van der Waals surface area contributed by atoms with Crippen molar-refractivity contribution >= 4 is 23.8 Å². The van der Waals surface area contributed by atoms with Gasteiger partial charge in [0.2, 0.25) is 0 Å². The summed E-state index contributed by atoms with van der Waals surface area (Å²) < 4.78 is 10.0. The Morgan fingerprint density at radius 3 is 2.76 bits per heavy atom. The molecule has 0 radical (unpaired) electrons. The molecule has 2 aromatic rings. The van der Waals surface area contributed by atoms with Gasteiger partial charge < -0.3 is 14.8 Å². The Hall–Kier alpha value is -2.47. The summed E-state index contributed by atoms with van der Waals surface area (Å²) in [5.41, 5.74) is 2.46. The number of methoxy groups -OCH3 is 1. The molecule has 0 bridgehead atoms. The molecule has 1 aliphatic heterocycles. The molecule has 25 heavy (non-hydrogen) atoms. The van der Waals surface area contributed by atoms with Gasteiger partial charge in [0.1, 0.15) is 6.61 Å². The number of nitrogens with one attached hydrogen (secondary N) is 1. The standard InChI is InChI=1S/C19H19NO4S/c1-23-18(21)14-7-8-15-16(9-10-25-17(15)11-14)20-19(22)24-12-13-5-3-2-4-6-13/h2-8,11,16H,9-10,12H2,1H3,(H,20,22)/t16-/m1/s1. The van der Waals surface area contributed by atoms with Crippen molar-refractivity contribution in [1.29, 1.82) is 0 Å². The van der Waals surface area contributed by atoms with Crippen LogP contribution in [-0.4, -0.2) is 24.9 Å². The van der Waals surface area contributed by atoms with Gasteiger partial charge in [-0.3, -0.25) is 0 Å². The van der Waals surface area contributed by atoms with Crippen LogP contribution in [0.3, 0.4) is 0 Å². The number of alkyl carbamates (subject to hydrolysis) is 1. The maximum atomic E-state index is 12.1. The van der Waals surface area contributed by atoms with Gasteiger partial charge in [-0.05, 0) is 29.7 Å². The van der Waals surface area contributed by atoms with Crippen molar-refractivity contribution in [2.24, 2.45) is 0 Å². The zero-order valence-electron chi connectivity index (χ0n) is 13.9. The maximum Gasteiger partial charge on any atom is 0.407 e. The van der Waals surface area contributed by atoms with Crippen molar-refractivity contribution in [3.05, 3.63) is 65.2 Å². The van der Waals surface area contributed by atoms with Crippen LogP contribution >= 0.6 is 11.8 Å². The second-order valence-corrected chi connectivity index (χ2v) is 6.78. The number of ether oxygens (including phenoxy) is 2. The molecule has 5 nitrogen and oxygen atoms in total. The predicted molar refractivity (Wildman–Crippen MR) is 95.6 cm³/mol. The first-order valence-electron chi connectivity index (χ1n) is 7.99. The topological polar surface area (TPSA) is 64.6 Å². The minimum absolute atomic E-state index is 0.119. The monoisotopic (exact) mass is 357 g/mol. The summed E-state index contributed by atoms with van der Waals surface area (Å²) >= 11 is 1.67. The largest absolute Gasteiger partial charge is 0.465 e. The van der Waals surface area contributed by atoms with Crippen molar-refractivity contribution < 1.29 is 19.1 Å². The Morgan fingerprint density at radius 2 is 2.00 bits per heavy atom.